The molecule has 0 unspecified atom stereocenters. The fourth-order valence-electron chi connectivity index (χ4n) is 1.79. The maximum absolute atomic E-state index is 2.31. The molecule has 0 N–H and O–H groups in total. The number of hydrogen-bond acceptors (Lipinski definition) is 2. The van der Waals surface area contributed by atoms with Crippen molar-refractivity contribution in [1.82, 2.24) is 9.34 Å². The zero-order valence-corrected chi connectivity index (χ0v) is 11.3. The van der Waals surface area contributed by atoms with Gasteiger partial charge in [0, 0.05) is 5.30 Å². The number of nitrogens with zero attached hydrogens (tertiary/aromatic N) is 2. The van der Waals surface area contributed by atoms with E-state index in [2.05, 4.69) is 68.7 Å². The lowest BCUT2D eigenvalue weighted by Gasteiger charge is -2.31. The molecule has 0 bridgehead atoms. The van der Waals surface area contributed by atoms with Gasteiger partial charge in [0.15, 0.2) is 0 Å². The van der Waals surface area contributed by atoms with E-state index in [0.29, 0.717) is 0 Å². The van der Waals surface area contributed by atoms with E-state index in [1.54, 1.807) is 0 Å². The number of hydrogen-bond donors (Lipinski definition) is 0. The molecule has 0 fully saturated rings. The van der Waals surface area contributed by atoms with E-state index in [-0.39, 0.29) is 8.22 Å². The summed E-state index contributed by atoms with van der Waals surface area (Å²) in [4.78, 5) is 0. The van der Waals surface area contributed by atoms with Gasteiger partial charge in [-0.05, 0) is 40.2 Å². The van der Waals surface area contributed by atoms with Crippen molar-refractivity contribution in [3.05, 3.63) is 29.8 Å². The van der Waals surface area contributed by atoms with Gasteiger partial charge in [-0.1, -0.05) is 31.2 Å². The summed E-state index contributed by atoms with van der Waals surface area (Å²) in [6.45, 7) is 2.22. The number of rotatable bonds is 4. The molecule has 0 radical (unpaired) electrons. The summed E-state index contributed by atoms with van der Waals surface area (Å²) < 4.78 is 4.62. The maximum atomic E-state index is 2.31. The fourth-order valence-corrected chi connectivity index (χ4v) is 4.08. The quantitative estimate of drug-likeness (QED) is 0.724. The Kier molecular flexibility index (Phi) is 4.72. The Bertz CT molecular complexity index is 302. The van der Waals surface area contributed by atoms with Gasteiger partial charge in [0.2, 0.25) is 0 Å². The van der Waals surface area contributed by atoms with Crippen molar-refractivity contribution in [2.75, 3.05) is 28.2 Å². The van der Waals surface area contributed by atoms with Gasteiger partial charge in [-0.2, -0.15) is 0 Å². The summed E-state index contributed by atoms with van der Waals surface area (Å²) in [5.74, 6) is 0. The lowest BCUT2D eigenvalue weighted by Crippen LogP contribution is -2.26. The molecular formula is C12H21N2P. The van der Waals surface area contributed by atoms with Crippen LogP contribution in [0.25, 0.3) is 0 Å². The summed E-state index contributed by atoms with van der Waals surface area (Å²) >= 11 is 0. The first-order chi connectivity index (χ1) is 7.07. The summed E-state index contributed by atoms with van der Waals surface area (Å²) in [6, 6.07) is 8.75. The molecule has 1 aromatic rings. The largest absolute Gasteiger partial charge is 0.272 e. The van der Waals surface area contributed by atoms with Crippen molar-refractivity contribution >= 4 is 13.5 Å². The predicted molar refractivity (Wildman–Crippen MR) is 69.7 cm³/mol. The third-order valence-electron chi connectivity index (χ3n) is 2.35. The lowest BCUT2D eigenvalue weighted by molar-refractivity contribution is 0.584. The highest BCUT2D eigenvalue weighted by atomic mass is 31.1. The highest BCUT2D eigenvalue weighted by Crippen LogP contribution is 2.39. The summed E-state index contributed by atoms with van der Waals surface area (Å²) in [5, 5.41) is 1.48. The van der Waals surface area contributed by atoms with E-state index in [1.165, 1.54) is 10.9 Å². The van der Waals surface area contributed by atoms with Gasteiger partial charge in [-0.15, -0.1) is 0 Å². The number of benzene rings is 1. The second kappa shape index (κ2) is 5.60. The Hall–Kier alpha value is -0.430. The Labute approximate surface area is 94.8 Å². The van der Waals surface area contributed by atoms with Gasteiger partial charge in [-0.3, -0.25) is 9.34 Å². The van der Waals surface area contributed by atoms with Crippen LogP contribution in [0.2, 0.25) is 0 Å². The van der Waals surface area contributed by atoms with Crippen LogP contribution in [0.4, 0.5) is 0 Å². The van der Waals surface area contributed by atoms with Crippen molar-refractivity contribution in [2.24, 2.45) is 0 Å². The molecular weight excluding hydrogens is 203 g/mol. The normalized spacial score (nSPS) is 11.7. The molecule has 0 amide bonds. The minimum atomic E-state index is -0.334. The average Bonchev–Trinajstić information content (AvgIpc) is 2.17. The second-order valence-electron chi connectivity index (χ2n) is 3.97. The van der Waals surface area contributed by atoms with E-state index < -0.39 is 0 Å². The molecule has 0 aliphatic carbocycles. The Morgan fingerprint density at radius 2 is 1.53 bits per heavy atom. The Morgan fingerprint density at radius 3 is 2.00 bits per heavy atom. The van der Waals surface area contributed by atoms with Gasteiger partial charge >= 0.3 is 0 Å². The van der Waals surface area contributed by atoms with Crippen molar-refractivity contribution in [2.45, 2.75) is 13.3 Å². The zero-order chi connectivity index (χ0) is 11.4. The second-order valence-corrected chi connectivity index (χ2v) is 6.63. The molecule has 2 nitrogen and oxygen atoms in total. The molecule has 0 saturated carbocycles. The van der Waals surface area contributed by atoms with E-state index >= 15 is 0 Å². The third-order valence-corrected chi connectivity index (χ3v) is 4.73. The lowest BCUT2D eigenvalue weighted by atomic mass is 10.2. The molecule has 0 aromatic heterocycles. The minimum Gasteiger partial charge on any atom is -0.272 e. The molecule has 0 spiro atoms. The fraction of sp³-hybridized carbons (Fsp3) is 0.500. The maximum Gasteiger partial charge on any atom is 0.0716 e. The van der Waals surface area contributed by atoms with E-state index in [9.17, 15) is 0 Å². The van der Waals surface area contributed by atoms with Gasteiger partial charge in [0.05, 0.1) is 8.22 Å². The van der Waals surface area contributed by atoms with Crippen LogP contribution < -0.4 is 5.30 Å². The van der Waals surface area contributed by atoms with Crippen LogP contribution in [-0.4, -0.2) is 37.5 Å². The van der Waals surface area contributed by atoms with Gasteiger partial charge in [0.25, 0.3) is 0 Å². The summed E-state index contributed by atoms with van der Waals surface area (Å²) in [6.07, 6.45) is 1.11. The highest BCUT2D eigenvalue weighted by Gasteiger charge is 2.18. The van der Waals surface area contributed by atoms with Gasteiger partial charge in [-0.25, -0.2) is 0 Å². The zero-order valence-electron chi connectivity index (χ0n) is 10.4. The van der Waals surface area contributed by atoms with Crippen molar-refractivity contribution in [1.29, 1.82) is 0 Å². The summed E-state index contributed by atoms with van der Waals surface area (Å²) in [7, 11) is 8.27. The first-order valence-corrected chi connectivity index (χ1v) is 6.55. The van der Waals surface area contributed by atoms with Crippen LogP contribution in [0.5, 0.6) is 0 Å². The van der Waals surface area contributed by atoms with Crippen LogP contribution in [-0.2, 0) is 6.42 Å². The molecule has 3 heteroatoms. The molecule has 1 aromatic carbocycles. The van der Waals surface area contributed by atoms with Gasteiger partial charge < -0.3 is 0 Å². The first kappa shape index (κ1) is 12.6. The molecule has 15 heavy (non-hydrogen) atoms. The van der Waals surface area contributed by atoms with E-state index in [4.69, 9.17) is 0 Å². The Balaban J connectivity index is 3.10. The van der Waals surface area contributed by atoms with Crippen LogP contribution in [0, 0.1) is 0 Å². The smallest absolute Gasteiger partial charge is 0.0716 e. The topological polar surface area (TPSA) is 6.48 Å². The standard InChI is InChI=1S/C12H21N2P/c1-6-11-9-7-8-10-12(11)15(13(2)3)14(4)5/h7-10H,6H2,1-5H3. The molecule has 0 atom stereocenters. The highest BCUT2D eigenvalue weighted by molar-refractivity contribution is 7.61. The monoisotopic (exact) mass is 224 g/mol. The van der Waals surface area contributed by atoms with Crippen LogP contribution in [0.1, 0.15) is 12.5 Å². The molecule has 0 heterocycles. The van der Waals surface area contributed by atoms with E-state index in [0.717, 1.165) is 6.42 Å². The van der Waals surface area contributed by atoms with Crippen LogP contribution in [0.3, 0.4) is 0 Å². The predicted octanol–water partition coefficient (Wildman–Crippen LogP) is 2.31. The number of aryl methyl sites for hydroxylation is 1. The average molecular weight is 224 g/mol. The minimum absolute atomic E-state index is 0.334. The third kappa shape index (κ3) is 3.01. The van der Waals surface area contributed by atoms with Crippen molar-refractivity contribution in [3.8, 4) is 0 Å². The molecule has 1 rings (SSSR count). The van der Waals surface area contributed by atoms with Crippen molar-refractivity contribution in [3.63, 3.8) is 0 Å². The Morgan fingerprint density at radius 1 is 1.00 bits per heavy atom. The van der Waals surface area contributed by atoms with Crippen LogP contribution >= 0.6 is 8.22 Å². The first-order valence-electron chi connectivity index (χ1n) is 5.30. The van der Waals surface area contributed by atoms with Crippen LogP contribution in [0.15, 0.2) is 24.3 Å². The molecule has 0 aliphatic rings. The molecule has 84 valence electrons. The molecule has 0 saturated heterocycles. The summed E-state index contributed by atoms with van der Waals surface area (Å²) in [5.41, 5.74) is 1.46. The van der Waals surface area contributed by atoms with Crippen molar-refractivity contribution < 1.29 is 0 Å². The molecule has 0 aliphatic heterocycles. The van der Waals surface area contributed by atoms with E-state index in [1.807, 2.05) is 0 Å². The SMILES string of the molecule is CCc1ccccc1P(N(C)C)N(C)C. The van der Waals surface area contributed by atoms with Gasteiger partial charge in [0.1, 0.15) is 0 Å².